The third-order valence-electron chi connectivity index (χ3n) is 7.40. The second-order valence-corrected chi connectivity index (χ2v) is 10.5. The third-order valence-corrected chi connectivity index (χ3v) is 7.40. The van der Waals surface area contributed by atoms with Crippen molar-refractivity contribution in [3.8, 4) is 0 Å². The van der Waals surface area contributed by atoms with Gasteiger partial charge in [0.2, 0.25) is 0 Å². The quantitative estimate of drug-likeness (QED) is 0.0860. The summed E-state index contributed by atoms with van der Waals surface area (Å²) in [5.74, 6) is -2.32. The van der Waals surface area contributed by atoms with Crippen LogP contribution in [0, 0.1) is 11.8 Å². The van der Waals surface area contributed by atoms with Crippen LogP contribution in [-0.2, 0) is 23.8 Å². The van der Waals surface area contributed by atoms with Crippen molar-refractivity contribution in [1.29, 1.82) is 0 Å². The Kier molecular flexibility index (Phi) is 14.6. The molecule has 0 amide bonds. The van der Waals surface area contributed by atoms with Crippen LogP contribution in [0.25, 0.3) is 0 Å². The molecule has 0 radical (unpaired) electrons. The molecule has 2 aromatic carbocycles. The molecule has 0 heterocycles. The second-order valence-electron chi connectivity index (χ2n) is 10.5. The average Bonchev–Trinajstić information content (AvgIpc) is 3.36. The van der Waals surface area contributed by atoms with E-state index in [1.165, 1.54) is 13.2 Å². The molecule has 1 fully saturated rings. The van der Waals surface area contributed by atoms with Crippen molar-refractivity contribution < 1.29 is 33.4 Å². The Labute approximate surface area is 260 Å². The maximum atomic E-state index is 13.1. The molecule has 0 aliphatic heterocycles. The highest BCUT2D eigenvalue weighted by Crippen LogP contribution is 2.40. The molecule has 0 saturated heterocycles. The first-order valence-corrected chi connectivity index (χ1v) is 15.2. The smallest absolute Gasteiger partial charge is 0.338 e. The predicted molar refractivity (Wildman–Crippen MR) is 170 cm³/mol. The number of hydrogen-bond acceptors (Lipinski definition) is 7. The molecule has 232 valence electrons. The van der Waals surface area contributed by atoms with Crippen molar-refractivity contribution in [3.63, 3.8) is 0 Å². The minimum Gasteiger partial charge on any atom is -0.469 e. The molecule has 3 rings (SSSR count). The maximum Gasteiger partial charge on any atom is 0.338 e. The van der Waals surface area contributed by atoms with E-state index in [0.29, 0.717) is 17.5 Å². The molecule has 2 aromatic rings. The van der Waals surface area contributed by atoms with Crippen molar-refractivity contribution in [3.05, 3.63) is 120 Å². The Balaban J connectivity index is 1.84. The number of esters is 3. The van der Waals surface area contributed by atoms with E-state index < -0.39 is 36.0 Å². The Bertz CT molecular complexity index is 1320. The molecule has 0 spiro atoms. The van der Waals surface area contributed by atoms with Crippen LogP contribution < -0.4 is 0 Å². The summed E-state index contributed by atoms with van der Waals surface area (Å²) in [5, 5.41) is 0. The van der Waals surface area contributed by atoms with Crippen LogP contribution in [0.1, 0.15) is 72.6 Å². The van der Waals surface area contributed by atoms with Crippen molar-refractivity contribution in [2.24, 2.45) is 11.8 Å². The SMILES string of the molecule is CC/C=C\C/C=C\C/C=C\C[C@@H]1[C@H](/C=C/C(=O)CCC(=O)OC)[C@@H](OC(=O)c2ccccc2)C[C@H]1OC(=O)c1ccccc1. The van der Waals surface area contributed by atoms with E-state index in [1.54, 1.807) is 54.6 Å². The van der Waals surface area contributed by atoms with Crippen molar-refractivity contribution in [2.75, 3.05) is 7.11 Å². The van der Waals surface area contributed by atoms with E-state index in [-0.39, 0.29) is 31.0 Å². The molecule has 4 atom stereocenters. The van der Waals surface area contributed by atoms with Crippen molar-refractivity contribution in [2.45, 2.75) is 64.1 Å². The Morgan fingerprint density at radius 3 is 1.84 bits per heavy atom. The molecule has 0 N–H and O–H groups in total. The highest BCUT2D eigenvalue weighted by atomic mass is 16.6. The third kappa shape index (κ3) is 11.3. The van der Waals surface area contributed by atoms with Gasteiger partial charge in [-0.2, -0.15) is 0 Å². The van der Waals surface area contributed by atoms with Gasteiger partial charge in [0.1, 0.15) is 12.2 Å². The summed E-state index contributed by atoms with van der Waals surface area (Å²) in [6, 6.07) is 17.4. The highest BCUT2D eigenvalue weighted by molar-refractivity contribution is 5.92. The van der Waals surface area contributed by atoms with E-state index in [4.69, 9.17) is 9.47 Å². The molecular weight excluding hydrogens is 556 g/mol. The number of benzene rings is 2. The summed E-state index contributed by atoms with van der Waals surface area (Å²) in [5.41, 5.74) is 0.838. The molecule has 0 unspecified atom stereocenters. The number of ketones is 1. The Morgan fingerprint density at radius 1 is 0.727 bits per heavy atom. The van der Waals surface area contributed by atoms with E-state index >= 15 is 0 Å². The van der Waals surface area contributed by atoms with Gasteiger partial charge in [-0.1, -0.05) is 85.9 Å². The lowest BCUT2D eigenvalue weighted by atomic mass is 9.89. The molecule has 0 bridgehead atoms. The van der Waals surface area contributed by atoms with Crippen LogP contribution in [0.5, 0.6) is 0 Å². The van der Waals surface area contributed by atoms with Crippen molar-refractivity contribution >= 4 is 23.7 Å². The lowest BCUT2D eigenvalue weighted by molar-refractivity contribution is -0.141. The molecule has 7 heteroatoms. The molecule has 44 heavy (non-hydrogen) atoms. The zero-order chi connectivity index (χ0) is 31.6. The van der Waals surface area contributed by atoms with E-state index in [1.807, 2.05) is 18.2 Å². The zero-order valence-electron chi connectivity index (χ0n) is 25.5. The van der Waals surface area contributed by atoms with Gasteiger partial charge in [0, 0.05) is 24.7 Å². The number of allylic oxidation sites excluding steroid dienone is 7. The van der Waals surface area contributed by atoms with Gasteiger partial charge in [-0.05, 0) is 56.0 Å². The number of carbonyl (C=O) groups excluding carboxylic acids is 4. The molecule has 1 aliphatic rings. The zero-order valence-corrected chi connectivity index (χ0v) is 25.5. The Morgan fingerprint density at radius 2 is 1.27 bits per heavy atom. The first-order chi connectivity index (χ1) is 21.4. The lowest BCUT2D eigenvalue weighted by Crippen LogP contribution is -2.26. The predicted octanol–water partition coefficient (Wildman–Crippen LogP) is 7.40. The fourth-order valence-corrected chi connectivity index (χ4v) is 5.07. The standard InChI is InChI=1S/C37H42O7/c1-3-4-5-6-7-8-9-10-17-22-31-32(25-23-30(38)24-26-35(39)42-2)34(44-37(41)29-20-15-12-16-21-29)27-33(31)43-36(40)28-18-13-11-14-19-28/h4-5,7-8,10-21,23,25,31-34H,3,6,9,22,24,26-27H2,1-2H3/b5-4-,8-7-,17-10-,25-23+/t31-,32+,33-,34+/m1/s1. The fraction of sp³-hybridized carbons (Fsp3) is 0.351. The number of rotatable bonds is 16. The van der Waals surface area contributed by atoms with Crippen LogP contribution in [0.15, 0.2) is 109 Å². The van der Waals surface area contributed by atoms with Crippen LogP contribution in [0.2, 0.25) is 0 Å². The van der Waals surface area contributed by atoms with Crippen LogP contribution >= 0.6 is 0 Å². The number of hydrogen-bond donors (Lipinski definition) is 0. The van der Waals surface area contributed by atoms with E-state index in [9.17, 15) is 19.2 Å². The van der Waals surface area contributed by atoms with Crippen molar-refractivity contribution in [1.82, 2.24) is 0 Å². The fourth-order valence-electron chi connectivity index (χ4n) is 5.07. The van der Waals surface area contributed by atoms with Gasteiger partial charge in [0.15, 0.2) is 5.78 Å². The van der Waals surface area contributed by atoms with Gasteiger partial charge < -0.3 is 14.2 Å². The summed E-state index contributed by atoms with van der Waals surface area (Å²) in [6.07, 6.45) is 18.0. The summed E-state index contributed by atoms with van der Waals surface area (Å²) >= 11 is 0. The monoisotopic (exact) mass is 598 g/mol. The minimum absolute atomic E-state index is 0.00112. The molecule has 1 aliphatic carbocycles. The average molecular weight is 599 g/mol. The van der Waals surface area contributed by atoms with Gasteiger partial charge in [-0.25, -0.2) is 9.59 Å². The molecular formula is C37H42O7. The van der Waals surface area contributed by atoms with Crippen LogP contribution in [-0.4, -0.2) is 43.0 Å². The van der Waals surface area contributed by atoms with E-state index in [2.05, 4.69) is 42.0 Å². The van der Waals surface area contributed by atoms with Gasteiger partial charge in [0.05, 0.1) is 24.7 Å². The lowest BCUT2D eigenvalue weighted by Gasteiger charge is -2.23. The number of carbonyl (C=O) groups is 4. The summed E-state index contributed by atoms with van der Waals surface area (Å²) in [4.78, 5) is 50.3. The topological polar surface area (TPSA) is 96.0 Å². The van der Waals surface area contributed by atoms with Gasteiger partial charge >= 0.3 is 17.9 Å². The number of ether oxygens (including phenoxy) is 3. The maximum absolute atomic E-state index is 13.1. The largest absolute Gasteiger partial charge is 0.469 e. The van der Waals surface area contributed by atoms with Crippen LogP contribution in [0.4, 0.5) is 0 Å². The summed E-state index contributed by atoms with van der Waals surface area (Å²) in [6.45, 7) is 2.10. The van der Waals surface area contributed by atoms with Gasteiger partial charge in [-0.3, -0.25) is 9.59 Å². The molecule has 1 saturated carbocycles. The molecule has 7 nitrogen and oxygen atoms in total. The van der Waals surface area contributed by atoms with Gasteiger partial charge in [-0.15, -0.1) is 0 Å². The Hall–Kier alpha value is -4.52. The first-order valence-electron chi connectivity index (χ1n) is 15.2. The summed E-state index contributed by atoms with van der Waals surface area (Å²) < 4.78 is 16.7. The summed E-state index contributed by atoms with van der Waals surface area (Å²) in [7, 11) is 1.28. The van der Waals surface area contributed by atoms with Gasteiger partial charge in [0.25, 0.3) is 0 Å². The van der Waals surface area contributed by atoms with Crippen LogP contribution in [0.3, 0.4) is 0 Å². The second kappa shape index (κ2) is 18.9. The highest BCUT2D eigenvalue weighted by Gasteiger charge is 2.45. The normalized spacial score (nSPS) is 20.0. The van der Waals surface area contributed by atoms with E-state index in [0.717, 1.165) is 19.3 Å². The number of methoxy groups -OCH3 is 1. The first kappa shape index (κ1) is 34.0. The minimum atomic E-state index is -0.635. The molecule has 0 aromatic heterocycles.